The number of rotatable bonds is 6. The van der Waals surface area contributed by atoms with Crippen LogP contribution < -0.4 is 10.8 Å². The SMILES string of the molecule is CN1CCC(CNC(=O)c2cccc(C(=O)NO)c2)(c2nc(-c3ccccc3)cs2)CC1. The van der Waals surface area contributed by atoms with Gasteiger partial charge in [-0.15, -0.1) is 11.3 Å². The quantitative estimate of drug-likeness (QED) is 0.396. The van der Waals surface area contributed by atoms with Crippen molar-refractivity contribution in [1.29, 1.82) is 0 Å². The normalized spacial score (nSPS) is 15.8. The molecule has 4 rings (SSSR count). The largest absolute Gasteiger partial charge is 0.351 e. The molecule has 166 valence electrons. The smallest absolute Gasteiger partial charge is 0.274 e. The number of piperidine rings is 1. The summed E-state index contributed by atoms with van der Waals surface area (Å²) in [7, 11) is 2.11. The second-order valence-corrected chi connectivity index (χ2v) is 9.05. The lowest BCUT2D eigenvalue weighted by Gasteiger charge is -2.39. The van der Waals surface area contributed by atoms with Crippen LogP contribution in [0.4, 0.5) is 0 Å². The molecule has 0 spiro atoms. The Morgan fingerprint density at radius 3 is 2.44 bits per heavy atom. The van der Waals surface area contributed by atoms with E-state index >= 15 is 0 Å². The molecule has 0 aliphatic carbocycles. The van der Waals surface area contributed by atoms with Gasteiger partial charge in [0.15, 0.2) is 0 Å². The van der Waals surface area contributed by atoms with Gasteiger partial charge in [-0.05, 0) is 51.2 Å². The van der Waals surface area contributed by atoms with Crippen LogP contribution in [0.1, 0.15) is 38.6 Å². The predicted octanol–water partition coefficient (Wildman–Crippen LogP) is 3.32. The molecule has 0 saturated carbocycles. The molecule has 2 aromatic carbocycles. The maximum absolute atomic E-state index is 12.9. The van der Waals surface area contributed by atoms with Gasteiger partial charge in [0.25, 0.3) is 11.8 Å². The minimum absolute atomic E-state index is 0.224. The van der Waals surface area contributed by atoms with Crippen LogP contribution in [0.25, 0.3) is 11.3 Å². The highest BCUT2D eigenvalue weighted by Crippen LogP contribution is 2.38. The molecule has 0 radical (unpaired) electrons. The van der Waals surface area contributed by atoms with Crippen LogP contribution in [-0.4, -0.2) is 53.6 Å². The van der Waals surface area contributed by atoms with E-state index in [1.165, 1.54) is 6.07 Å². The highest BCUT2D eigenvalue weighted by molar-refractivity contribution is 7.10. The molecule has 3 aromatic rings. The van der Waals surface area contributed by atoms with E-state index in [9.17, 15) is 9.59 Å². The number of thiazole rings is 1. The van der Waals surface area contributed by atoms with Crippen LogP contribution in [0.5, 0.6) is 0 Å². The Labute approximate surface area is 191 Å². The van der Waals surface area contributed by atoms with E-state index in [4.69, 9.17) is 10.2 Å². The average molecular weight is 451 g/mol. The van der Waals surface area contributed by atoms with Gasteiger partial charge in [0.1, 0.15) is 5.01 Å². The molecule has 1 fully saturated rings. The maximum Gasteiger partial charge on any atom is 0.274 e. The van der Waals surface area contributed by atoms with Crippen LogP contribution >= 0.6 is 11.3 Å². The number of benzene rings is 2. The van der Waals surface area contributed by atoms with Gasteiger partial charge in [-0.3, -0.25) is 14.8 Å². The van der Waals surface area contributed by atoms with Crippen LogP contribution in [0.2, 0.25) is 0 Å². The number of hydroxylamine groups is 1. The van der Waals surface area contributed by atoms with Gasteiger partial charge in [-0.2, -0.15) is 0 Å². The molecular weight excluding hydrogens is 424 g/mol. The molecule has 2 heterocycles. The summed E-state index contributed by atoms with van der Waals surface area (Å²) in [5.74, 6) is -0.904. The summed E-state index contributed by atoms with van der Waals surface area (Å²) >= 11 is 1.65. The monoisotopic (exact) mass is 450 g/mol. The highest BCUT2D eigenvalue weighted by Gasteiger charge is 2.38. The van der Waals surface area contributed by atoms with Gasteiger partial charge in [0.2, 0.25) is 0 Å². The number of hydrogen-bond acceptors (Lipinski definition) is 6. The van der Waals surface area contributed by atoms with Crippen molar-refractivity contribution in [3.05, 3.63) is 76.1 Å². The Morgan fingerprint density at radius 2 is 1.75 bits per heavy atom. The predicted molar refractivity (Wildman–Crippen MR) is 124 cm³/mol. The molecule has 1 aliphatic rings. The van der Waals surface area contributed by atoms with Crippen molar-refractivity contribution in [3.63, 3.8) is 0 Å². The standard InChI is InChI=1S/C24H26N4O3S/c1-28-12-10-24(11-13-28,23-26-20(15-32-23)17-6-3-2-4-7-17)16-25-21(29)18-8-5-9-19(14-18)22(30)27-31/h2-9,14-15,31H,10-13,16H2,1H3,(H,25,29)(H,27,30). The second kappa shape index (κ2) is 9.60. The number of nitrogens with one attached hydrogen (secondary N) is 2. The van der Waals surface area contributed by atoms with Gasteiger partial charge < -0.3 is 10.2 Å². The van der Waals surface area contributed by atoms with E-state index < -0.39 is 5.91 Å². The van der Waals surface area contributed by atoms with E-state index in [0.717, 1.165) is 42.2 Å². The molecule has 1 saturated heterocycles. The van der Waals surface area contributed by atoms with E-state index in [2.05, 4.69) is 34.8 Å². The van der Waals surface area contributed by atoms with E-state index in [1.807, 2.05) is 18.2 Å². The first-order chi connectivity index (χ1) is 15.5. The minimum Gasteiger partial charge on any atom is -0.351 e. The van der Waals surface area contributed by atoms with Gasteiger partial charge in [0.05, 0.1) is 5.69 Å². The number of nitrogens with zero attached hydrogens (tertiary/aromatic N) is 2. The lowest BCUT2D eigenvalue weighted by molar-refractivity contribution is 0.0706. The van der Waals surface area contributed by atoms with Gasteiger partial charge >= 0.3 is 0 Å². The first-order valence-corrected chi connectivity index (χ1v) is 11.4. The Bertz CT molecular complexity index is 1090. The molecule has 7 nitrogen and oxygen atoms in total. The minimum atomic E-state index is -0.650. The zero-order valence-corrected chi connectivity index (χ0v) is 18.7. The van der Waals surface area contributed by atoms with E-state index in [-0.39, 0.29) is 16.9 Å². The summed E-state index contributed by atoms with van der Waals surface area (Å²) in [5.41, 5.74) is 4.00. The molecule has 0 atom stereocenters. The van der Waals surface area contributed by atoms with Gasteiger partial charge in [-0.1, -0.05) is 36.4 Å². The average Bonchev–Trinajstić information content (AvgIpc) is 3.35. The third-order valence-electron chi connectivity index (χ3n) is 6.05. The lowest BCUT2D eigenvalue weighted by Crippen LogP contribution is -2.48. The zero-order chi connectivity index (χ0) is 22.6. The number of carbonyl (C=O) groups is 2. The Hall–Kier alpha value is -3.07. The van der Waals surface area contributed by atoms with Crippen molar-refractivity contribution in [2.45, 2.75) is 18.3 Å². The first-order valence-electron chi connectivity index (χ1n) is 10.5. The molecule has 3 N–H and O–H groups in total. The van der Waals surface area contributed by atoms with Crippen molar-refractivity contribution in [1.82, 2.24) is 20.7 Å². The first kappa shape index (κ1) is 22.1. The molecule has 0 bridgehead atoms. The van der Waals surface area contributed by atoms with Gasteiger partial charge in [-0.25, -0.2) is 10.5 Å². The van der Waals surface area contributed by atoms with Crippen LogP contribution in [0.15, 0.2) is 60.0 Å². The number of amides is 2. The maximum atomic E-state index is 12.9. The third-order valence-corrected chi connectivity index (χ3v) is 7.14. The topological polar surface area (TPSA) is 94.6 Å². The molecule has 8 heteroatoms. The molecule has 1 aromatic heterocycles. The van der Waals surface area contributed by atoms with Crippen molar-refractivity contribution in [2.24, 2.45) is 0 Å². The molecule has 32 heavy (non-hydrogen) atoms. The summed E-state index contributed by atoms with van der Waals surface area (Å²) in [6.07, 6.45) is 1.80. The van der Waals surface area contributed by atoms with Crippen molar-refractivity contribution >= 4 is 23.2 Å². The summed E-state index contributed by atoms with van der Waals surface area (Å²) < 4.78 is 0. The number of likely N-dealkylation sites (tertiary alicyclic amines) is 1. The lowest BCUT2D eigenvalue weighted by atomic mass is 9.78. The molecular formula is C24H26N4O3S. The highest BCUT2D eigenvalue weighted by atomic mass is 32.1. The van der Waals surface area contributed by atoms with Crippen molar-refractivity contribution in [2.75, 3.05) is 26.7 Å². The fraction of sp³-hybridized carbons (Fsp3) is 0.292. The van der Waals surface area contributed by atoms with Gasteiger partial charge in [0, 0.05) is 34.0 Å². The second-order valence-electron chi connectivity index (χ2n) is 8.19. The van der Waals surface area contributed by atoms with Crippen LogP contribution in [0.3, 0.4) is 0 Å². The third kappa shape index (κ3) is 4.72. The fourth-order valence-electron chi connectivity index (χ4n) is 3.99. The summed E-state index contributed by atoms with van der Waals surface area (Å²) in [6, 6.07) is 16.4. The summed E-state index contributed by atoms with van der Waals surface area (Å²) in [6.45, 7) is 2.34. The molecule has 0 unspecified atom stereocenters. The molecule has 1 aliphatic heterocycles. The Kier molecular flexibility index (Phi) is 6.64. The summed E-state index contributed by atoms with van der Waals surface area (Å²) in [4.78, 5) is 31.8. The fourth-order valence-corrected chi connectivity index (χ4v) is 5.08. The Balaban J connectivity index is 1.55. The summed E-state index contributed by atoms with van der Waals surface area (Å²) in [5, 5.41) is 15.0. The Morgan fingerprint density at radius 1 is 1.06 bits per heavy atom. The van der Waals surface area contributed by atoms with E-state index in [0.29, 0.717) is 12.1 Å². The van der Waals surface area contributed by atoms with Crippen molar-refractivity contribution in [3.8, 4) is 11.3 Å². The van der Waals surface area contributed by atoms with Crippen molar-refractivity contribution < 1.29 is 14.8 Å². The van der Waals surface area contributed by atoms with E-state index in [1.54, 1.807) is 35.0 Å². The number of carbonyl (C=O) groups excluding carboxylic acids is 2. The number of hydrogen-bond donors (Lipinski definition) is 3. The molecule has 2 amide bonds. The van der Waals surface area contributed by atoms with Crippen LogP contribution in [-0.2, 0) is 5.41 Å². The van der Waals surface area contributed by atoms with Crippen LogP contribution in [0, 0.1) is 0 Å². The number of aromatic nitrogens is 1. The zero-order valence-electron chi connectivity index (χ0n) is 17.9.